The Kier molecular flexibility index (Phi) is 3.24. The van der Waals surface area contributed by atoms with Crippen LogP contribution < -0.4 is 0 Å². The molecule has 1 aromatic heterocycles. The highest BCUT2D eigenvalue weighted by atomic mass is 32.1. The summed E-state index contributed by atoms with van der Waals surface area (Å²) in [7, 11) is 0. The van der Waals surface area contributed by atoms with Crippen molar-refractivity contribution in [1.29, 1.82) is 0 Å². The quantitative estimate of drug-likeness (QED) is 0.779. The molecule has 0 aliphatic carbocycles. The minimum Gasteiger partial charge on any atom is -0.462 e. The number of benzene rings is 1. The summed E-state index contributed by atoms with van der Waals surface area (Å²) in [6.45, 7) is 7.96. The second-order valence-corrected chi connectivity index (χ2v) is 4.73. The Morgan fingerprint density at radius 3 is 2.94 bits per heavy atom. The predicted octanol–water partition coefficient (Wildman–Crippen LogP) is 3.51. The highest BCUT2D eigenvalue weighted by molar-refractivity contribution is 7.19. The van der Waals surface area contributed by atoms with Crippen LogP contribution in [0.2, 0.25) is 0 Å². The number of carbonyl (C=O) groups is 1. The van der Waals surface area contributed by atoms with Crippen LogP contribution in [-0.4, -0.2) is 17.6 Å². The van der Waals surface area contributed by atoms with E-state index in [-0.39, 0.29) is 5.97 Å². The third-order valence-corrected chi connectivity index (χ3v) is 3.44. The van der Waals surface area contributed by atoms with Gasteiger partial charge in [-0.25, -0.2) is 9.78 Å². The maximum Gasteiger partial charge on any atom is 0.338 e. The molecule has 1 aromatic carbocycles. The van der Waals surface area contributed by atoms with E-state index in [0.29, 0.717) is 12.2 Å². The molecule has 0 bridgehead atoms. The first-order valence-electron chi connectivity index (χ1n) is 5.35. The Balaban J connectivity index is 2.43. The summed E-state index contributed by atoms with van der Waals surface area (Å²) < 4.78 is 5.94. The van der Waals surface area contributed by atoms with E-state index in [2.05, 4.69) is 11.6 Å². The van der Waals surface area contributed by atoms with Gasteiger partial charge in [0.1, 0.15) is 5.01 Å². The van der Waals surface area contributed by atoms with Crippen molar-refractivity contribution in [2.75, 3.05) is 6.61 Å². The van der Waals surface area contributed by atoms with Gasteiger partial charge in [-0.1, -0.05) is 6.58 Å². The monoisotopic (exact) mass is 247 g/mol. The maximum atomic E-state index is 11.6. The molecule has 0 aliphatic heterocycles. The first kappa shape index (κ1) is 11.8. The summed E-state index contributed by atoms with van der Waals surface area (Å²) in [6, 6.07) is 5.39. The number of fused-ring (bicyclic) bond motifs is 1. The van der Waals surface area contributed by atoms with E-state index < -0.39 is 0 Å². The highest BCUT2D eigenvalue weighted by Gasteiger charge is 2.10. The lowest BCUT2D eigenvalue weighted by atomic mass is 10.2. The van der Waals surface area contributed by atoms with Gasteiger partial charge in [0.15, 0.2) is 0 Å². The molecule has 0 N–H and O–H groups in total. The third kappa shape index (κ3) is 2.36. The van der Waals surface area contributed by atoms with Crippen LogP contribution in [0, 0.1) is 0 Å². The first-order chi connectivity index (χ1) is 8.11. The lowest BCUT2D eigenvalue weighted by molar-refractivity contribution is 0.0526. The van der Waals surface area contributed by atoms with Crippen LogP contribution in [0.3, 0.4) is 0 Å². The van der Waals surface area contributed by atoms with E-state index in [0.717, 1.165) is 20.8 Å². The second-order valence-electron chi connectivity index (χ2n) is 3.70. The van der Waals surface area contributed by atoms with Gasteiger partial charge in [0.2, 0.25) is 0 Å². The number of ether oxygens (including phenoxy) is 1. The van der Waals surface area contributed by atoms with Gasteiger partial charge in [0.25, 0.3) is 0 Å². The second kappa shape index (κ2) is 4.67. The molecular weight excluding hydrogens is 234 g/mol. The van der Waals surface area contributed by atoms with Crippen LogP contribution in [-0.2, 0) is 4.74 Å². The molecule has 0 fully saturated rings. The van der Waals surface area contributed by atoms with Gasteiger partial charge >= 0.3 is 5.97 Å². The number of hydrogen-bond donors (Lipinski definition) is 0. The van der Waals surface area contributed by atoms with Crippen molar-refractivity contribution < 1.29 is 9.53 Å². The van der Waals surface area contributed by atoms with Gasteiger partial charge in [-0.05, 0) is 37.6 Å². The number of rotatable bonds is 3. The van der Waals surface area contributed by atoms with Gasteiger partial charge in [-0.3, -0.25) is 0 Å². The van der Waals surface area contributed by atoms with Gasteiger partial charge in [0.05, 0.1) is 22.4 Å². The zero-order valence-electron chi connectivity index (χ0n) is 9.82. The average molecular weight is 247 g/mol. The lowest BCUT2D eigenvalue weighted by Crippen LogP contribution is -2.03. The maximum absolute atomic E-state index is 11.6. The van der Waals surface area contributed by atoms with Crippen LogP contribution in [0.15, 0.2) is 24.8 Å². The van der Waals surface area contributed by atoms with Crippen molar-refractivity contribution in [1.82, 2.24) is 4.98 Å². The summed E-state index contributed by atoms with van der Waals surface area (Å²) in [5.74, 6) is -0.292. The molecule has 0 unspecified atom stereocenters. The molecule has 0 saturated heterocycles. The number of hydrogen-bond acceptors (Lipinski definition) is 4. The zero-order chi connectivity index (χ0) is 12.4. The van der Waals surface area contributed by atoms with E-state index in [1.54, 1.807) is 13.0 Å². The van der Waals surface area contributed by atoms with Crippen molar-refractivity contribution >= 4 is 33.1 Å². The molecule has 0 spiro atoms. The van der Waals surface area contributed by atoms with E-state index in [1.807, 2.05) is 19.1 Å². The van der Waals surface area contributed by atoms with Crippen LogP contribution in [0.25, 0.3) is 15.8 Å². The van der Waals surface area contributed by atoms with Crippen molar-refractivity contribution in [3.63, 3.8) is 0 Å². The van der Waals surface area contributed by atoms with E-state index in [4.69, 9.17) is 4.74 Å². The van der Waals surface area contributed by atoms with Crippen molar-refractivity contribution in [2.45, 2.75) is 13.8 Å². The van der Waals surface area contributed by atoms with Gasteiger partial charge in [-0.15, -0.1) is 11.3 Å². The van der Waals surface area contributed by atoms with Crippen molar-refractivity contribution in [2.24, 2.45) is 0 Å². The summed E-state index contributed by atoms with van der Waals surface area (Å²) in [6.07, 6.45) is 0. The van der Waals surface area contributed by atoms with E-state index in [9.17, 15) is 4.79 Å². The van der Waals surface area contributed by atoms with Gasteiger partial charge in [-0.2, -0.15) is 0 Å². The molecule has 0 saturated carbocycles. The number of aromatic nitrogens is 1. The molecular formula is C13H13NO2S. The minimum absolute atomic E-state index is 0.292. The smallest absolute Gasteiger partial charge is 0.338 e. The number of esters is 1. The normalized spacial score (nSPS) is 10.5. The fraction of sp³-hybridized carbons (Fsp3) is 0.231. The number of carbonyl (C=O) groups excluding carboxylic acids is 1. The SMILES string of the molecule is C=C(C)c1nc2ccc(C(=O)OCC)cc2s1. The van der Waals surface area contributed by atoms with Crippen LogP contribution >= 0.6 is 11.3 Å². The molecule has 4 heteroatoms. The molecule has 2 aromatic rings. The van der Waals surface area contributed by atoms with Gasteiger partial charge in [0, 0.05) is 0 Å². The summed E-state index contributed by atoms with van der Waals surface area (Å²) in [5, 5.41) is 0.904. The summed E-state index contributed by atoms with van der Waals surface area (Å²) in [5.41, 5.74) is 2.39. The largest absolute Gasteiger partial charge is 0.462 e. The molecule has 0 amide bonds. The van der Waals surface area contributed by atoms with E-state index >= 15 is 0 Å². The Morgan fingerprint density at radius 2 is 2.29 bits per heavy atom. The Hall–Kier alpha value is -1.68. The zero-order valence-corrected chi connectivity index (χ0v) is 10.6. The number of allylic oxidation sites excluding steroid dienone is 1. The fourth-order valence-electron chi connectivity index (χ4n) is 1.45. The molecule has 88 valence electrons. The highest BCUT2D eigenvalue weighted by Crippen LogP contribution is 2.27. The number of thiazole rings is 1. The molecule has 0 aliphatic rings. The topological polar surface area (TPSA) is 39.2 Å². The molecule has 0 atom stereocenters. The first-order valence-corrected chi connectivity index (χ1v) is 6.17. The fourth-order valence-corrected chi connectivity index (χ4v) is 2.38. The standard InChI is InChI=1S/C13H13NO2S/c1-4-16-13(15)9-5-6-10-11(7-9)17-12(14-10)8(2)3/h5-7H,2,4H2,1,3H3. The average Bonchev–Trinajstić information content (AvgIpc) is 2.71. The minimum atomic E-state index is -0.292. The van der Waals surface area contributed by atoms with Crippen molar-refractivity contribution in [3.05, 3.63) is 35.3 Å². The number of nitrogens with zero attached hydrogens (tertiary/aromatic N) is 1. The summed E-state index contributed by atoms with van der Waals surface area (Å²) in [4.78, 5) is 16.0. The third-order valence-electron chi connectivity index (χ3n) is 2.26. The van der Waals surface area contributed by atoms with E-state index in [1.165, 1.54) is 11.3 Å². The lowest BCUT2D eigenvalue weighted by Gasteiger charge is -2.00. The Morgan fingerprint density at radius 1 is 1.53 bits per heavy atom. The molecule has 3 nitrogen and oxygen atoms in total. The molecule has 17 heavy (non-hydrogen) atoms. The van der Waals surface area contributed by atoms with Crippen molar-refractivity contribution in [3.8, 4) is 0 Å². The molecule has 0 radical (unpaired) electrons. The predicted molar refractivity (Wildman–Crippen MR) is 70.3 cm³/mol. The van der Waals surface area contributed by atoms with Crippen LogP contribution in [0.4, 0.5) is 0 Å². The summed E-state index contributed by atoms with van der Waals surface area (Å²) >= 11 is 1.54. The van der Waals surface area contributed by atoms with Crippen LogP contribution in [0.1, 0.15) is 29.2 Å². The van der Waals surface area contributed by atoms with Crippen LogP contribution in [0.5, 0.6) is 0 Å². The molecule has 1 heterocycles. The molecule has 2 rings (SSSR count). The Bertz CT molecular complexity index is 586. The van der Waals surface area contributed by atoms with Gasteiger partial charge < -0.3 is 4.74 Å². The Labute approximate surface area is 104 Å².